The molecule has 0 saturated heterocycles. The van der Waals surface area contributed by atoms with Crippen LogP contribution in [-0.2, 0) is 0 Å². The van der Waals surface area contributed by atoms with Crippen LogP contribution in [0.5, 0.6) is 0 Å². The highest BCUT2D eigenvalue weighted by atomic mass is 16.1. The molecule has 0 aliphatic carbocycles. The van der Waals surface area contributed by atoms with Crippen LogP contribution in [0, 0.1) is 6.92 Å². The minimum Gasteiger partial charge on any atom is -0.383 e. The van der Waals surface area contributed by atoms with Gasteiger partial charge in [0.25, 0.3) is 5.91 Å². The third-order valence-corrected chi connectivity index (χ3v) is 3.17. The lowest BCUT2D eigenvalue weighted by Gasteiger charge is -2.11. The van der Waals surface area contributed by atoms with Crippen molar-refractivity contribution in [2.24, 2.45) is 0 Å². The highest BCUT2D eigenvalue weighted by molar-refractivity contribution is 6.03. The minimum atomic E-state index is -0.149. The maximum absolute atomic E-state index is 12.1. The molecule has 0 saturated carbocycles. The summed E-state index contributed by atoms with van der Waals surface area (Å²) in [6.07, 6.45) is 1.72. The van der Waals surface area contributed by atoms with Gasteiger partial charge in [-0.3, -0.25) is 4.79 Å². The van der Waals surface area contributed by atoms with Crippen molar-refractivity contribution in [2.45, 2.75) is 6.92 Å². The molecule has 1 aromatic carbocycles. The van der Waals surface area contributed by atoms with E-state index in [0.29, 0.717) is 11.4 Å². The zero-order chi connectivity index (χ0) is 15.9. The number of carbonyl (C=O) groups is 1. The van der Waals surface area contributed by atoms with E-state index in [1.807, 2.05) is 45.3 Å². The molecule has 5 nitrogen and oxygen atoms in total. The Kier molecular flexibility index (Phi) is 5.49. The van der Waals surface area contributed by atoms with Crippen molar-refractivity contribution >= 4 is 17.4 Å². The summed E-state index contributed by atoms with van der Waals surface area (Å²) in [4.78, 5) is 18.5. The van der Waals surface area contributed by atoms with Crippen LogP contribution < -0.4 is 10.6 Å². The van der Waals surface area contributed by atoms with Crippen molar-refractivity contribution < 1.29 is 4.79 Å². The van der Waals surface area contributed by atoms with Gasteiger partial charge in [0.15, 0.2) is 0 Å². The molecule has 0 radical (unpaired) electrons. The Morgan fingerprint density at radius 3 is 2.68 bits per heavy atom. The summed E-state index contributed by atoms with van der Waals surface area (Å²) in [5.74, 6) is 0.397. The number of rotatable bonds is 6. The molecule has 2 N–H and O–H groups in total. The number of aryl methyl sites for hydroxylation is 1. The summed E-state index contributed by atoms with van der Waals surface area (Å²) in [6, 6.07) is 11.2. The van der Waals surface area contributed by atoms with E-state index >= 15 is 0 Å². The number of anilines is 2. The average Bonchev–Trinajstić information content (AvgIpc) is 2.48. The lowest BCUT2D eigenvalue weighted by molar-refractivity contribution is 0.102. The van der Waals surface area contributed by atoms with E-state index in [0.717, 1.165) is 24.3 Å². The number of aromatic nitrogens is 1. The topological polar surface area (TPSA) is 57.3 Å². The second-order valence-electron chi connectivity index (χ2n) is 5.49. The van der Waals surface area contributed by atoms with Gasteiger partial charge in [0.2, 0.25) is 0 Å². The van der Waals surface area contributed by atoms with Crippen molar-refractivity contribution in [3.63, 3.8) is 0 Å². The van der Waals surface area contributed by atoms with E-state index in [2.05, 4.69) is 20.5 Å². The highest BCUT2D eigenvalue weighted by Gasteiger charge is 2.06. The van der Waals surface area contributed by atoms with Gasteiger partial charge in [-0.05, 0) is 45.3 Å². The first-order chi connectivity index (χ1) is 10.5. The zero-order valence-corrected chi connectivity index (χ0v) is 13.3. The van der Waals surface area contributed by atoms with Crippen molar-refractivity contribution in [1.82, 2.24) is 9.88 Å². The van der Waals surface area contributed by atoms with Crippen molar-refractivity contribution in [3.05, 3.63) is 53.7 Å². The molecular formula is C17H22N4O. The van der Waals surface area contributed by atoms with Gasteiger partial charge in [-0.1, -0.05) is 17.7 Å². The van der Waals surface area contributed by atoms with Crippen LogP contribution >= 0.6 is 0 Å². The Morgan fingerprint density at radius 1 is 1.23 bits per heavy atom. The third-order valence-electron chi connectivity index (χ3n) is 3.17. The van der Waals surface area contributed by atoms with Crippen molar-refractivity contribution in [3.8, 4) is 0 Å². The first-order valence-corrected chi connectivity index (χ1v) is 7.27. The van der Waals surface area contributed by atoms with Gasteiger partial charge in [0, 0.05) is 18.7 Å². The van der Waals surface area contributed by atoms with E-state index in [4.69, 9.17) is 0 Å². The van der Waals surface area contributed by atoms with Crippen molar-refractivity contribution in [1.29, 1.82) is 0 Å². The number of carbonyl (C=O) groups excluding carboxylic acids is 1. The minimum absolute atomic E-state index is 0.149. The van der Waals surface area contributed by atoms with Crippen LogP contribution in [0.2, 0.25) is 0 Å². The van der Waals surface area contributed by atoms with Crippen LogP contribution in [0.15, 0.2) is 42.6 Å². The molecule has 0 bridgehead atoms. The van der Waals surface area contributed by atoms with Gasteiger partial charge in [-0.2, -0.15) is 0 Å². The normalized spacial score (nSPS) is 10.5. The Hall–Kier alpha value is -2.40. The van der Waals surface area contributed by atoms with Crippen LogP contribution in [0.3, 0.4) is 0 Å². The molecule has 1 amide bonds. The molecule has 0 atom stereocenters. The van der Waals surface area contributed by atoms with E-state index < -0.39 is 0 Å². The number of benzene rings is 1. The predicted octanol–water partition coefficient (Wildman–Crippen LogP) is 2.62. The van der Waals surface area contributed by atoms with Crippen molar-refractivity contribution in [2.75, 3.05) is 37.8 Å². The number of pyridine rings is 1. The molecule has 2 aromatic rings. The fourth-order valence-electron chi connectivity index (χ4n) is 1.97. The summed E-state index contributed by atoms with van der Waals surface area (Å²) in [7, 11) is 4.06. The van der Waals surface area contributed by atoms with Gasteiger partial charge >= 0.3 is 0 Å². The summed E-state index contributed by atoms with van der Waals surface area (Å²) < 4.78 is 0. The Bertz CT molecular complexity index is 623. The molecule has 116 valence electrons. The molecular weight excluding hydrogens is 276 g/mol. The predicted molar refractivity (Wildman–Crippen MR) is 90.4 cm³/mol. The lowest BCUT2D eigenvalue weighted by Crippen LogP contribution is -2.20. The molecule has 0 unspecified atom stereocenters. The molecule has 0 fully saturated rings. The molecule has 22 heavy (non-hydrogen) atoms. The molecule has 0 aliphatic heterocycles. The molecule has 2 rings (SSSR count). The Morgan fingerprint density at radius 2 is 2.05 bits per heavy atom. The first kappa shape index (κ1) is 16.0. The fraction of sp³-hybridized carbons (Fsp3) is 0.294. The quantitative estimate of drug-likeness (QED) is 0.861. The zero-order valence-electron chi connectivity index (χ0n) is 13.3. The van der Waals surface area contributed by atoms with Crippen LogP contribution in [-0.4, -0.2) is 43.0 Å². The summed E-state index contributed by atoms with van der Waals surface area (Å²) in [5, 5.41) is 6.08. The van der Waals surface area contributed by atoms with Gasteiger partial charge in [-0.25, -0.2) is 4.98 Å². The average molecular weight is 298 g/mol. The van der Waals surface area contributed by atoms with Crippen LogP contribution in [0.25, 0.3) is 0 Å². The SMILES string of the molecule is Cc1cccc(C(=O)Nc2ccc(NCCN(C)C)cn2)c1. The second-order valence-corrected chi connectivity index (χ2v) is 5.49. The second kappa shape index (κ2) is 7.56. The number of nitrogens with one attached hydrogen (secondary N) is 2. The molecule has 1 heterocycles. The Labute approximate surface area is 131 Å². The summed E-state index contributed by atoms with van der Waals surface area (Å²) in [6.45, 7) is 3.76. The van der Waals surface area contributed by atoms with E-state index in [1.165, 1.54) is 0 Å². The largest absolute Gasteiger partial charge is 0.383 e. The van der Waals surface area contributed by atoms with E-state index in [-0.39, 0.29) is 5.91 Å². The molecule has 0 spiro atoms. The van der Waals surface area contributed by atoms with Gasteiger partial charge < -0.3 is 15.5 Å². The smallest absolute Gasteiger partial charge is 0.256 e. The van der Waals surface area contributed by atoms with Gasteiger partial charge in [-0.15, -0.1) is 0 Å². The van der Waals surface area contributed by atoms with E-state index in [9.17, 15) is 4.79 Å². The highest BCUT2D eigenvalue weighted by Crippen LogP contribution is 2.11. The maximum atomic E-state index is 12.1. The number of likely N-dealkylation sites (N-methyl/N-ethyl adjacent to an activating group) is 1. The standard InChI is InChI=1S/C17H22N4O/c1-13-5-4-6-14(11-13)17(22)20-16-8-7-15(12-19-16)18-9-10-21(2)3/h4-8,11-12,18H,9-10H2,1-3H3,(H,19,20,22). The fourth-order valence-corrected chi connectivity index (χ4v) is 1.97. The van der Waals surface area contributed by atoms with E-state index in [1.54, 1.807) is 18.3 Å². The summed E-state index contributed by atoms with van der Waals surface area (Å²) >= 11 is 0. The van der Waals surface area contributed by atoms with Crippen LogP contribution in [0.4, 0.5) is 11.5 Å². The number of hydrogen-bond acceptors (Lipinski definition) is 4. The number of nitrogens with zero attached hydrogens (tertiary/aromatic N) is 2. The molecule has 1 aromatic heterocycles. The number of amides is 1. The first-order valence-electron chi connectivity index (χ1n) is 7.27. The Balaban J connectivity index is 1.92. The lowest BCUT2D eigenvalue weighted by atomic mass is 10.1. The van der Waals surface area contributed by atoms with Gasteiger partial charge in [0.1, 0.15) is 5.82 Å². The van der Waals surface area contributed by atoms with Gasteiger partial charge in [0.05, 0.1) is 11.9 Å². The molecule has 5 heteroatoms. The maximum Gasteiger partial charge on any atom is 0.256 e. The number of hydrogen-bond donors (Lipinski definition) is 2. The third kappa shape index (κ3) is 4.86. The van der Waals surface area contributed by atoms with Crippen LogP contribution in [0.1, 0.15) is 15.9 Å². The molecule has 0 aliphatic rings. The summed E-state index contributed by atoms with van der Waals surface area (Å²) in [5.41, 5.74) is 2.63. The monoisotopic (exact) mass is 298 g/mol.